The molecule has 0 bridgehead atoms. The van der Waals surface area contributed by atoms with Crippen molar-refractivity contribution in [2.45, 2.75) is 45.2 Å². The van der Waals surface area contributed by atoms with Gasteiger partial charge in [-0.15, -0.1) is 0 Å². The zero-order valence-electron chi connectivity index (χ0n) is 13.1. The second kappa shape index (κ2) is 5.87. The molecule has 0 aliphatic carbocycles. The van der Waals surface area contributed by atoms with Gasteiger partial charge in [0.2, 0.25) is 0 Å². The zero-order valence-corrected chi connectivity index (χ0v) is 13.1. The summed E-state index contributed by atoms with van der Waals surface area (Å²) in [6.07, 6.45) is 3.29. The van der Waals surface area contributed by atoms with E-state index in [1.165, 1.54) is 6.42 Å². The maximum atomic E-state index is 12.7. The third-order valence-electron chi connectivity index (χ3n) is 4.42. The highest BCUT2D eigenvalue weighted by Gasteiger charge is 2.31. The van der Waals surface area contributed by atoms with Crippen LogP contribution >= 0.6 is 0 Å². The van der Waals surface area contributed by atoms with Gasteiger partial charge < -0.3 is 15.1 Å². The highest BCUT2D eigenvalue weighted by Crippen LogP contribution is 2.28. The lowest BCUT2D eigenvalue weighted by Crippen LogP contribution is -2.47. The lowest BCUT2D eigenvalue weighted by Gasteiger charge is -2.38. The molecule has 1 aliphatic rings. The van der Waals surface area contributed by atoms with Crippen molar-refractivity contribution in [1.82, 2.24) is 4.90 Å². The topological polar surface area (TPSA) is 59.5 Å². The molecule has 1 saturated heterocycles. The number of benzene rings is 1. The van der Waals surface area contributed by atoms with Gasteiger partial charge in [-0.2, -0.15) is 0 Å². The Morgan fingerprint density at radius 2 is 1.91 bits per heavy atom. The summed E-state index contributed by atoms with van der Waals surface area (Å²) in [6, 6.07) is 11.6. The predicted octanol–water partition coefficient (Wildman–Crippen LogP) is 3.93. The summed E-state index contributed by atoms with van der Waals surface area (Å²) >= 11 is 0. The summed E-state index contributed by atoms with van der Waals surface area (Å²) in [6.45, 7) is 4.21. The highest BCUT2D eigenvalue weighted by atomic mass is 16.4. The lowest BCUT2D eigenvalue weighted by molar-refractivity contribution is 0.0479. The first-order chi connectivity index (χ1) is 10.6. The number of amides is 1. The van der Waals surface area contributed by atoms with Gasteiger partial charge in [0.25, 0.3) is 5.91 Å². The molecule has 0 unspecified atom stereocenters. The Morgan fingerprint density at radius 3 is 2.59 bits per heavy atom. The molecule has 0 saturated carbocycles. The van der Waals surface area contributed by atoms with Crippen LogP contribution in [0.2, 0.25) is 0 Å². The fourth-order valence-electron chi connectivity index (χ4n) is 3.25. The van der Waals surface area contributed by atoms with Gasteiger partial charge >= 0.3 is 0 Å². The Morgan fingerprint density at radius 1 is 1.18 bits per heavy atom. The van der Waals surface area contributed by atoms with Crippen molar-refractivity contribution in [3.63, 3.8) is 0 Å². The minimum absolute atomic E-state index is 0.0187. The molecular weight excluding hydrogens is 276 g/mol. The average Bonchev–Trinajstić information content (AvgIpc) is 2.97. The Hall–Kier alpha value is -2.23. The van der Waals surface area contributed by atoms with E-state index in [0.717, 1.165) is 18.4 Å². The third kappa shape index (κ3) is 2.73. The van der Waals surface area contributed by atoms with Gasteiger partial charge in [-0.1, -0.05) is 12.1 Å². The Bertz CT molecular complexity index is 667. The number of nitrogens with zero attached hydrogens (tertiary/aromatic N) is 1. The van der Waals surface area contributed by atoms with Crippen LogP contribution in [0.25, 0.3) is 11.3 Å². The SMILES string of the molecule is C[C@@H]1CCC[C@@H](C)N1C(=O)c1ccc(-c2cccc(N)c2)o1. The van der Waals surface area contributed by atoms with Gasteiger partial charge in [0.1, 0.15) is 5.76 Å². The summed E-state index contributed by atoms with van der Waals surface area (Å²) in [4.78, 5) is 14.7. The number of likely N-dealkylation sites (tertiary alicyclic amines) is 1. The fourth-order valence-corrected chi connectivity index (χ4v) is 3.25. The first-order valence-electron chi connectivity index (χ1n) is 7.84. The minimum atomic E-state index is -0.0187. The molecule has 1 amide bonds. The maximum absolute atomic E-state index is 12.7. The van der Waals surface area contributed by atoms with Crippen LogP contribution in [0.4, 0.5) is 5.69 Å². The first kappa shape index (κ1) is 14.7. The average molecular weight is 298 g/mol. The first-order valence-corrected chi connectivity index (χ1v) is 7.84. The Labute approximate surface area is 130 Å². The van der Waals surface area contributed by atoms with Crippen LogP contribution in [0.1, 0.15) is 43.7 Å². The van der Waals surface area contributed by atoms with Crippen molar-refractivity contribution >= 4 is 11.6 Å². The molecule has 116 valence electrons. The van der Waals surface area contributed by atoms with Gasteiger partial charge in [0.15, 0.2) is 5.76 Å². The Kier molecular flexibility index (Phi) is 3.92. The molecule has 4 nitrogen and oxygen atoms in total. The number of nitrogen functional groups attached to an aromatic ring is 1. The molecular formula is C18H22N2O2. The van der Waals surface area contributed by atoms with E-state index in [9.17, 15) is 4.79 Å². The van der Waals surface area contributed by atoms with Crippen molar-refractivity contribution in [2.24, 2.45) is 0 Å². The molecule has 0 spiro atoms. The second-order valence-electron chi connectivity index (χ2n) is 6.13. The number of rotatable bonds is 2. The van der Waals surface area contributed by atoms with Crippen LogP contribution < -0.4 is 5.73 Å². The van der Waals surface area contributed by atoms with E-state index in [2.05, 4.69) is 13.8 Å². The molecule has 0 radical (unpaired) electrons. The van der Waals surface area contributed by atoms with E-state index < -0.39 is 0 Å². The smallest absolute Gasteiger partial charge is 0.290 e. The lowest BCUT2D eigenvalue weighted by atomic mass is 9.97. The number of nitrogens with two attached hydrogens (primary N) is 1. The summed E-state index contributed by atoms with van der Waals surface area (Å²) in [7, 11) is 0. The van der Waals surface area contributed by atoms with E-state index in [4.69, 9.17) is 10.2 Å². The minimum Gasteiger partial charge on any atom is -0.451 e. The molecule has 1 fully saturated rings. The van der Waals surface area contributed by atoms with Crippen molar-refractivity contribution in [2.75, 3.05) is 5.73 Å². The summed E-state index contributed by atoms with van der Waals surface area (Å²) < 4.78 is 5.79. The van der Waals surface area contributed by atoms with E-state index >= 15 is 0 Å². The van der Waals surface area contributed by atoms with Crippen molar-refractivity contribution < 1.29 is 9.21 Å². The van der Waals surface area contributed by atoms with E-state index in [1.807, 2.05) is 35.2 Å². The monoisotopic (exact) mass is 298 g/mol. The molecule has 2 atom stereocenters. The van der Waals surface area contributed by atoms with E-state index in [0.29, 0.717) is 17.2 Å². The molecule has 2 aromatic rings. The molecule has 2 heterocycles. The summed E-state index contributed by atoms with van der Waals surface area (Å²) in [5, 5.41) is 0. The second-order valence-corrected chi connectivity index (χ2v) is 6.13. The molecule has 4 heteroatoms. The number of hydrogen-bond acceptors (Lipinski definition) is 3. The van der Waals surface area contributed by atoms with Gasteiger partial charge in [0, 0.05) is 23.3 Å². The van der Waals surface area contributed by atoms with Crippen molar-refractivity contribution in [3.8, 4) is 11.3 Å². The molecule has 22 heavy (non-hydrogen) atoms. The highest BCUT2D eigenvalue weighted by molar-refractivity contribution is 5.92. The molecule has 1 aliphatic heterocycles. The molecule has 1 aromatic carbocycles. The van der Waals surface area contributed by atoms with E-state index in [-0.39, 0.29) is 18.0 Å². The normalized spacial score (nSPS) is 21.8. The van der Waals surface area contributed by atoms with Crippen LogP contribution in [0, 0.1) is 0 Å². The maximum Gasteiger partial charge on any atom is 0.290 e. The van der Waals surface area contributed by atoms with Gasteiger partial charge in [-0.05, 0) is 57.4 Å². The van der Waals surface area contributed by atoms with Crippen molar-refractivity contribution in [1.29, 1.82) is 0 Å². The zero-order chi connectivity index (χ0) is 15.7. The van der Waals surface area contributed by atoms with Gasteiger partial charge in [0.05, 0.1) is 0 Å². The number of furan rings is 1. The predicted molar refractivity (Wildman–Crippen MR) is 87.5 cm³/mol. The molecule has 1 aromatic heterocycles. The number of carbonyl (C=O) groups is 1. The van der Waals surface area contributed by atoms with Crippen LogP contribution in [0.5, 0.6) is 0 Å². The molecule has 2 N–H and O–H groups in total. The molecule has 3 rings (SSSR count). The number of anilines is 1. The summed E-state index contributed by atoms with van der Waals surface area (Å²) in [5.74, 6) is 1.06. The van der Waals surface area contributed by atoms with Crippen LogP contribution in [-0.4, -0.2) is 22.9 Å². The third-order valence-corrected chi connectivity index (χ3v) is 4.42. The van der Waals surface area contributed by atoms with Gasteiger partial charge in [-0.3, -0.25) is 4.79 Å². The standard InChI is InChI=1S/C18H22N2O2/c1-12-5-3-6-13(2)20(12)18(21)17-10-9-16(22-17)14-7-4-8-15(19)11-14/h4,7-13H,3,5-6,19H2,1-2H3/t12-,13-/m1/s1. The van der Waals surface area contributed by atoms with Crippen LogP contribution in [0.15, 0.2) is 40.8 Å². The number of hydrogen-bond donors (Lipinski definition) is 1. The van der Waals surface area contributed by atoms with Crippen molar-refractivity contribution in [3.05, 3.63) is 42.2 Å². The van der Waals surface area contributed by atoms with E-state index in [1.54, 1.807) is 6.07 Å². The van der Waals surface area contributed by atoms with Crippen LogP contribution in [0.3, 0.4) is 0 Å². The Balaban J connectivity index is 1.85. The summed E-state index contributed by atoms with van der Waals surface area (Å²) in [5.41, 5.74) is 7.37. The fraction of sp³-hybridized carbons (Fsp3) is 0.389. The largest absolute Gasteiger partial charge is 0.451 e. The van der Waals surface area contributed by atoms with Crippen LogP contribution in [-0.2, 0) is 0 Å². The number of piperidine rings is 1. The van der Waals surface area contributed by atoms with Gasteiger partial charge in [-0.25, -0.2) is 0 Å². The number of carbonyl (C=O) groups excluding carboxylic acids is 1. The quantitative estimate of drug-likeness (QED) is 0.854.